The van der Waals surface area contributed by atoms with Crippen LogP contribution in [0.1, 0.15) is 12.5 Å². The number of rotatable bonds is 3. The van der Waals surface area contributed by atoms with Crippen LogP contribution in [0.15, 0.2) is 54.7 Å². The Bertz CT molecular complexity index is 1050. The lowest BCUT2D eigenvalue weighted by Crippen LogP contribution is -2.43. The summed E-state index contributed by atoms with van der Waals surface area (Å²) in [7, 11) is 0. The van der Waals surface area contributed by atoms with E-state index in [0.29, 0.717) is 11.5 Å². The minimum Gasteiger partial charge on any atom is -0.466 e. The van der Waals surface area contributed by atoms with Crippen LogP contribution in [0.4, 0.5) is 11.5 Å². The van der Waals surface area contributed by atoms with Gasteiger partial charge in [-0.1, -0.05) is 24.3 Å². The zero-order valence-electron chi connectivity index (χ0n) is 15.7. The summed E-state index contributed by atoms with van der Waals surface area (Å²) < 4.78 is 5.25. The van der Waals surface area contributed by atoms with Crippen LogP contribution in [0.2, 0.25) is 0 Å². The molecule has 0 radical (unpaired) electrons. The first-order valence-electron chi connectivity index (χ1n) is 9.65. The molecular formula is C22H19N3O4. The van der Waals surface area contributed by atoms with E-state index in [1.807, 2.05) is 18.2 Å². The number of pyridine rings is 1. The number of benzene rings is 1. The molecule has 0 bridgehead atoms. The van der Waals surface area contributed by atoms with Crippen molar-refractivity contribution in [3.63, 3.8) is 0 Å². The molecule has 7 nitrogen and oxygen atoms in total. The van der Waals surface area contributed by atoms with Crippen LogP contribution < -0.4 is 10.2 Å². The number of nitrogens with zero attached hydrogens (tertiary/aromatic N) is 2. The van der Waals surface area contributed by atoms with Gasteiger partial charge in [0.2, 0.25) is 11.8 Å². The lowest BCUT2D eigenvalue weighted by molar-refractivity contribution is -0.150. The fourth-order valence-electron chi connectivity index (χ4n) is 4.65. The molecule has 1 saturated heterocycles. The molecule has 2 amide bonds. The summed E-state index contributed by atoms with van der Waals surface area (Å²) in [5, 5.41) is 3.29. The highest BCUT2D eigenvalue weighted by Crippen LogP contribution is 2.50. The van der Waals surface area contributed by atoms with E-state index in [-0.39, 0.29) is 18.4 Å². The van der Waals surface area contributed by atoms with E-state index in [1.54, 1.807) is 43.5 Å². The fourth-order valence-corrected chi connectivity index (χ4v) is 4.65. The van der Waals surface area contributed by atoms with Crippen molar-refractivity contribution in [3.8, 4) is 0 Å². The van der Waals surface area contributed by atoms with Gasteiger partial charge in [-0.25, -0.2) is 9.88 Å². The third-order valence-corrected chi connectivity index (χ3v) is 5.82. The first-order chi connectivity index (χ1) is 14.1. The number of hydrogen-bond acceptors (Lipinski definition) is 6. The van der Waals surface area contributed by atoms with Crippen molar-refractivity contribution in [1.29, 1.82) is 0 Å². The van der Waals surface area contributed by atoms with Crippen LogP contribution in [0.25, 0.3) is 5.57 Å². The van der Waals surface area contributed by atoms with Crippen molar-refractivity contribution < 1.29 is 19.1 Å². The smallest absolute Gasteiger partial charge is 0.313 e. The molecule has 2 aliphatic heterocycles. The number of imide groups is 1. The number of carbonyl (C=O) groups excluding carboxylic acids is 3. The Labute approximate surface area is 167 Å². The Balaban J connectivity index is 1.63. The molecule has 146 valence electrons. The molecule has 29 heavy (non-hydrogen) atoms. The van der Waals surface area contributed by atoms with E-state index < -0.39 is 29.8 Å². The predicted molar refractivity (Wildman–Crippen MR) is 106 cm³/mol. The van der Waals surface area contributed by atoms with Crippen LogP contribution in [0.3, 0.4) is 0 Å². The molecule has 1 aromatic carbocycles. The lowest BCUT2D eigenvalue weighted by Gasteiger charge is -2.31. The number of esters is 1. The maximum absolute atomic E-state index is 13.4. The molecule has 2 aromatic rings. The third kappa shape index (κ3) is 2.50. The summed E-state index contributed by atoms with van der Waals surface area (Å²) in [4.78, 5) is 45.1. The molecule has 0 spiro atoms. The normalized spacial score (nSPS) is 26.9. The van der Waals surface area contributed by atoms with Crippen LogP contribution in [-0.2, 0) is 19.1 Å². The molecule has 4 atom stereocenters. The number of hydrogen-bond donors (Lipinski definition) is 1. The molecular weight excluding hydrogens is 370 g/mol. The minimum absolute atomic E-state index is 0.209. The molecule has 7 heteroatoms. The van der Waals surface area contributed by atoms with Gasteiger partial charge in [0.25, 0.3) is 0 Å². The zero-order valence-corrected chi connectivity index (χ0v) is 15.7. The van der Waals surface area contributed by atoms with Gasteiger partial charge in [-0.15, -0.1) is 0 Å². The van der Waals surface area contributed by atoms with Gasteiger partial charge in [0.15, 0.2) is 0 Å². The molecule has 5 rings (SSSR count). The SMILES string of the molecule is CCOC(=O)C1C=C2c3cccnc3NC2C2C(=O)N(c3ccccc3)C(=O)C12. The number of carbonyl (C=O) groups is 3. The second kappa shape index (κ2) is 6.55. The van der Waals surface area contributed by atoms with Crippen LogP contribution in [0, 0.1) is 17.8 Å². The first kappa shape index (κ1) is 17.6. The molecule has 3 heterocycles. The summed E-state index contributed by atoms with van der Waals surface area (Å²) in [5.74, 6) is -2.83. The van der Waals surface area contributed by atoms with Gasteiger partial charge < -0.3 is 10.1 Å². The average Bonchev–Trinajstić information content (AvgIpc) is 3.23. The van der Waals surface area contributed by atoms with E-state index in [1.165, 1.54) is 4.90 Å². The zero-order chi connectivity index (χ0) is 20.1. The number of anilines is 2. The van der Waals surface area contributed by atoms with Crippen molar-refractivity contribution in [1.82, 2.24) is 4.98 Å². The Morgan fingerprint density at radius 3 is 2.62 bits per heavy atom. The summed E-state index contributed by atoms with van der Waals surface area (Å²) in [6, 6.07) is 12.1. The number of ether oxygens (including phenoxy) is 1. The molecule has 1 fully saturated rings. The van der Waals surface area contributed by atoms with Gasteiger partial charge in [0, 0.05) is 11.8 Å². The van der Waals surface area contributed by atoms with Crippen molar-refractivity contribution in [2.24, 2.45) is 17.8 Å². The number of aromatic nitrogens is 1. The van der Waals surface area contributed by atoms with Crippen molar-refractivity contribution >= 4 is 34.9 Å². The third-order valence-electron chi connectivity index (χ3n) is 5.82. The average molecular weight is 389 g/mol. The number of para-hydroxylation sites is 1. The van der Waals surface area contributed by atoms with Crippen LogP contribution in [-0.4, -0.2) is 35.4 Å². The summed E-state index contributed by atoms with van der Waals surface area (Å²) in [6.45, 7) is 1.93. The largest absolute Gasteiger partial charge is 0.466 e. The highest BCUT2D eigenvalue weighted by atomic mass is 16.5. The standard InChI is InChI=1S/C22H19N3O4/c1-2-29-22(28)15-11-14-13-9-6-10-23-19(13)24-18(14)17-16(15)20(26)25(21(17)27)12-7-4-3-5-8-12/h3-11,15-18H,2H2,1H3,(H,23,24). The van der Waals surface area contributed by atoms with E-state index in [4.69, 9.17) is 4.74 Å². The highest BCUT2D eigenvalue weighted by Gasteiger charge is 2.60. The second-order valence-corrected chi connectivity index (χ2v) is 7.32. The van der Waals surface area contributed by atoms with Gasteiger partial charge in [-0.05, 0) is 36.8 Å². The number of amides is 2. The Morgan fingerprint density at radius 1 is 1.10 bits per heavy atom. The van der Waals surface area contributed by atoms with Gasteiger partial charge >= 0.3 is 5.97 Å². The second-order valence-electron chi connectivity index (χ2n) is 7.32. The summed E-state index contributed by atoms with van der Waals surface area (Å²) in [6.07, 6.45) is 3.45. The lowest BCUT2D eigenvalue weighted by atomic mass is 9.71. The van der Waals surface area contributed by atoms with Crippen LogP contribution in [0.5, 0.6) is 0 Å². The Morgan fingerprint density at radius 2 is 1.86 bits per heavy atom. The van der Waals surface area contributed by atoms with E-state index in [0.717, 1.165) is 11.1 Å². The molecule has 0 saturated carbocycles. The van der Waals surface area contributed by atoms with Crippen molar-refractivity contribution in [2.75, 3.05) is 16.8 Å². The summed E-state index contributed by atoms with van der Waals surface area (Å²) >= 11 is 0. The maximum atomic E-state index is 13.4. The highest BCUT2D eigenvalue weighted by molar-refractivity contribution is 6.24. The molecule has 4 unspecified atom stereocenters. The van der Waals surface area contributed by atoms with Gasteiger partial charge in [0.05, 0.1) is 36.1 Å². The first-order valence-corrected chi connectivity index (χ1v) is 9.65. The molecule has 1 N–H and O–H groups in total. The van der Waals surface area contributed by atoms with E-state index in [2.05, 4.69) is 10.3 Å². The topological polar surface area (TPSA) is 88.6 Å². The quantitative estimate of drug-likeness (QED) is 0.640. The minimum atomic E-state index is -0.815. The Hall–Kier alpha value is -3.48. The molecule has 1 aliphatic carbocycles. The molecule has 3 aliphatic rings. The Kier molecular flexibility index (Phi) is 3.97. The fraction of sp³-hybridized carbons (Fsp3) is 0.273. The summed E-state index contributed by atoms with van der Waals surface area (Å²) in [5.41, 5.74) is 2.18. The number of nitrogens with one attached hydrogen (secondary N) is 1. The van der Waals surface area contributed by atoms with Gasteiger partial charge in [0.1, 0.15) is 5.82 Å². The maximum Gasteiger partial charge on any atom is 0.313 e. The molecule has 1 aromatic heterocycles. The number of fused-ring (bicyclic) bond motifs is 5. The monoisotopic (exact) mass is 389 g/mol. The van der Waals surface area contributed by atoms with E-state index >= 15 is 0 Å². The van der Waals surface area contributed by atoms with Crippen molar-refractivity contribution in [3.05, 3.63) is 60.3 Å². The van der Waals surface area contributed by atoms with E-state index in [9.17, 15) is 14.4 Å². The van der Waals surface area contributed by atoms with Gasteiger partial charge in [-0.3, -0.25) is 14.4 Å². The predicted octanol–water partition coefficient (Wildman–Crippen LogP) is 2.26. The van der Waals surface area contributed by atoms with Gasteiger partial charge in [-0.2, -0.15) is 0 Å². The van der Waals surface area contributed by atoms with Crippen LogP contribution >= 0.6 is 0 Å². The van der Waals surface area contributed by atoms with Crippen molar-refractivity contribution in [2.45, 2.75) is 13.0 Å².